The number of aromatic nitrogens is 3. The zero-order valence-corrected chi connectivity index (χ0v) is 20.8. The molecule has 2 bridgehead atoms. The van der Waals surface area contributed by atoms with Gasteiger partial charge in [0.15, 0.2) is 11.8 Å². The summed E-state index contributed by atoms with van der Waals surface area (Å²) in [7, 11) is 1.73. The number of hydrogen-bond acceptors (Lipinski definition) is 5. The monoisotopic (exact) mass is 553 g/mol. The molecule has 9 nitrogen and oxygen atoms in total. The van der Waals surface area contributed by atoms with Crippen molar-refractivity contribution in [1.29, 1.82) is 0 Å². The molecule has 0 spiro atoms. The molecule has 1 saturated heterocycles. The highest BCUT2D eigenvalue weighted by atomic mass is 127. The minimum Gasteiger partial charge on any atom is -0.356 e. The Morgan fingerprint density at radius 3 is 2.56 bits per heavy atom. The third-order valence-electron chi connectivity index (χ3n) is 7.24. The van der Waals surface area contributed by atoms with Crippen LogP contribution in [0.1, 0.15) is 43.8 Å². The number of aryl methyl sites for hydroxylation is 1. The quantitative estimate of drug-likeness (QED) is 0.138. The van der Waals surface area contributed by atoms with Crippen molar-refractivity contribution in [2.75, 3.05) is 20.1 Å². The molecule has 2 aliphatic heterocycles. The summed E-state index contributed by atoms with van der Waals surface area (Å²) in [5.41, 5.74) is 0. The lowest BCUT2D eigenvalue weighted by Gasteiger charge is -2.18. The van der Waals surface area contributed by atoms with Crippen LogP contribution in [-0.4, -0.2) is 57.6 Å². The fraction of sp³-hybridized carbons (Fsp3) is 0.682. The normalized spacial score (nSPS) is 28.4. The van der Waals surface area contributed by atoms with E-state index in [0.717, 1.165) is 37.5 Å². The molecule has 1 aromatic heterocycles. The Kier molecular flexibility index (Phi) is 7.16. The molecule has 1 saturated carbocycles. The fourth-order valence-corrected chi connectivity index (χ4v) is 5.69. The summed E-state index contributed by atoms with van der Waals surface area (Å²) >= 11 is 0. The van der Waals surface area contributed by atoms with E-state index in [1.54, 1.807) is 7.05 Å². The van der Waals surface area contributed by atoms with E-state index in [1.165, 1.54) is 17.7 Å². The minimum atomic E-state index is -0.108. The zero-order chi connectivity index (χ0) is 21.4. The smallest absolute Gasteiger partial charge is 0.233 e. The van der Waals surface area contributed by atoms with Crippen molar-refractivity contribution in [3.8, 4) is 0 Å². The minimum absolute atomic E-state index is 0. The standard InChI is InChI=1S/C22H31N7O2.HI/c1-23-22(25-13-17-27-26-16-6-3-2-4-10-28(16)17)24-9-5-11-29-20(30)18-14-7-8-15(12-14)19(18)21(29)31;/h7-8,14-15,18-19H,2-6,9-13H2,1H3,(H2,23,24,25);1H. The van der Waals surface area contributed by atoms with Gasteiger partial charge in [0.2, 0.25) is 11.8 Å². The molecule has 2 amide bonds. The van der Waals surface area contributed by atoms with Crippen LogP contribution in [0.4, 0.5) is 0 Å². The van der Waals surface area contributed by atoms with E-state index in [0.29, 0.717) is 32.0 Å². The second kappa shape index (κ2) is 9.88. The third-order valence-corrected chi connectivity index (χ3v) is 7.24. The largest absolute Gasteiger partial charge is 0.356 e. The molecule has 5 rings (SSSR count). The molecular weight excluding hydrogens is 521 g/mol. The van der Waals surface area contributed by atoms with Crippen LogP contribution >= 0.6 is 24.0 Å². The van der Waals surface area contributed by atoms with Crippen LogP contribution in [0.3, 0.4) is 0 Å². The van der Waals surface area contributed by atoms with Crippen molar-refractivity contribution in [2.45, 2.75) is 51.6 Å². The number of halogens is 1. The summed E-state index contributed by atoms with van der Waals surface area (Å²) in [5.74, 6) is 3.07. The number of carbonyl (C=O) groups excluding carboxylic acids is 2. The van der Waals surface area contributed by atoms with Crippen LogP contribution in [-0.2, 0) is 29.1 Å². The summed E-state index contributed by atoms with van der Waals surface area (Å²) in [5, 5.41) is 15.2. The number of guanidine groups is 1. The van der Waals surface area contributed by atoms with Crippen molar-refractivity contribution < 1.29 is 9.59 Å². The molecule has 3 heterocycles. The highest BCUT2D eigenvalue weighted by Crippen LogP contribution is 2.52. The van der Waals surface area contributed by atoms with E-state index in [-0.39, 0.29) is 59.5 Å². The highest BCUT2D eigenvalue weighted by molar-refractivity contribution is 14.0. The van der Waals surface area contributed by atoms with Gasteiger partial charge in [0, 0.05) is 33.1 Å². The Morgan fingerprint density at radius 1 is 1.09 bits per heavy atom. The number of imide groups is 1. The summed E-state index contributed by atoms with van der Waals surface area (Å²) in [4.78, 5) is 31.3. The SMILES string of the molecule is CN=C(NCCCN1C(=O)C2C3C=CC(C3)C2C1=O)NCc1nnc2n1CCCCC2.I. The van der Waals surface area contributed by atoms with Gasteiger partial charge in [-0.25, -0.2) is 0 Å². The van der Waals surface area contributed by atoms with Crippen LogP contribution in [0.5, 0.6) is 0 Å². The molecule has 4 unspecified atom stereocenters. The Morgan fingerprint density at radius 2 is 1.84 bits per heavy atom. The molecule has 0 aromatic carbocycles. The van der Waals surface area contributed by atoms with Gasteiger partial charge in [-0.2, -0.15) is 0 Å². The Balaban J connectivity index is 0.00000245. The predicted molar refractivity (Wildman–Crippen MR) is 130 cm³/mol. The number of aliphatic imine (C=N–C) groups is 1. The molecule has 4 atom stereocenters. The van der Waals surface area contributed by atoms with Gasteiger partial charge in [0.1, 0.15) is 5.82 Å². The summed E-state index contributed by atoms with van der Waals surface area (Å²) in [6, 6.07) is 0. The van der Waals surface area contributed by atoms with Crippen molar-refractivity contribution in [1.82, 2.24) is 30.3 Å². The summed E-state index contributed by atoms with van der Waals surface area (Å²) < 4.78 is 2.22. The predicted octanol–water partition coefficient (Wildman–Crippen LogP) is 1.48. The van der Waals surface area contributed by atoms with Gasteiger partial charge in [-0.1, -0.05) is 18.6 Å². The van der Waals surface area contributed by atoms with E-state index >= 15 is 0 Å². The van der Waals surface area contributed by atoms with Crippen molar-refractivity contribution >= 4 is 41.8 Å². The van der Waals surface area contributed by atoms with E-state index < -0.39 is 0 Å². The van der Waals surface area contributed by atoms with Gasteiger partial charge in [0.05, 0.1) is 18.4 Å². The van der Waals surface area contributed by atoms with Gasteiger partial charge in [0.25, 0.3) is 0 Å². The summed E-state index contributed by atoms with van der Waals surface area (Å²) in [6.45, 7) is 2.64. The first-order valence-electron chi connectivity index (χ1n) is 11.6. The van der Waals surface area contributed by atoms with E-state index in [2.05, 4.69) is 42.5 Å². The van der Waals surface area contributed by atoms with Crippen LogP contribution in [0.15, 0.2) is 17.1 Å². The first kappa shape index (κ1) is 23.2. The number of rotatable bonds is 6. The van der Waals surface area contributed by atoms with Crippen molar-refractivity contribution in [2.24, 2.45) is 28.7 Å². The van der Waals surface area contributed by atoms with Gasteiger partial charge >= 0.3 is 0 Å². The van der Waals surface area contributed by atoms with Crippen LogP contribution in [0, 0.1) is 23.7 Å². The van der Waals surface area contributed by atoms with Crippen LogP contribution in [0.25, 0.3) is 0 Å². The van der Waals surface area contributed by atoms with Crippen LogP contribution < -0.4 is 10.6 Å². The maximum Gasteiger partial charge on any atom is 0.233 e. The number of allylic oxidation sites excluding steroid dienone is 2. The number of nitrogens with zero attached hydrogens (tertiary/aromatic N) is 5. The maximum absolute atomic E-state index is 12.7. The van der Waals surface area contributed by atoms with Crippen molar-refractivity contribution in [3.05, 3.63) is 23.8 Å². The Labute approximate surface area is 205 Å². The zero-order valence-electron chi connectivity index (χ0n) is 18.5. The number of amides is 2. The number of fused-ring (bicyclic) bond motifs is 6. The molecule has 2 fully saturated rings. The van der Waals surface area contributed by atoms with Gasteiger partial charge in [-0.15, -0.1) is 34.2 Å². The van der Waals surface area contributed by atoms with Gasteiger partial charge in [-0.3, -0.25) is 19.5 Å². The first-order chi connectivity index (χ1) is 15.2. The molecule has 10 heteroatoms. The average molecular weight is 553 g/mol. The lowest BCUT2D eigenvalue weighted by atomic mass is 9.85. The number of nitrogens with one attached hydrogen (secondary N) is 2. The Hall–Kier alpha value is -1.98. The lowest BCUT2D eigenvalue weighted by Crippen LogP contribution is -2.40. The lowest BCUT2D eigenvalue weighted by molar-refractivity contribution is -0.140. The van der Waals surface area contributed by atoms with Gasteiger partial charge < -0.3 is 15.2 Å². The van der Waals surface area contributed by atoms with Gasteiger partial charge in [-0.05, 0) is 37.5 Å². The molecule has 2 aliphatic carbocycles. The average Bonchev–Trinajstić information content (AvgIpc) is 3.50. The molecule has 174 valence electrons. The topological polar surface area (TPSA) is 105 Å². The third kappa shape index (κ3) is 4.17. The second-order valence-corrected chi connectivity index (χ2v) is 9.03. The van der Waals surface area contributed by atoms with E-state index in [9.17, 15) is 9.59 Å². The van der Waals surface area contributed by atoms with E-state index in [1.807, 2.05) is 0 Å². The fourth-order valence-electron chi connectivity index (χ4n) is 5.69. The molecule has 4 aliphatic rings. The molecule has 0 radical (unpaired) electrons. The summed E-state index contributed by atoms with van der Waals surface area (Å²) in [6.07, 6.45) is 10.5. The van der Waals surface area contributed by atoms with E-state index in [4.69, 9.17) is 0 Å². The molecule has 32 heavy (non-hydrogen) atoms. The Bertz CT molecular complexity index is 897. The maximum atomic E-state index is 12.7. The molecule has 2 N–H and O–H groups in total. The van der Waals surface area contributed by atoms with Crippen LogP contribution in [0.2, 0.25) is 0 Å². The number of likely N-dealkylation sites (tertiary alicyclic amines) is 1. The molecule has 1 aromatic rings. The first-order valence-corrected chi connectivity index (χ1v) is 11.6. The highest BCUT2D eigenvalue weighted by Gasteiger charge is 2.58. The molecular formula is C22H32IN7O2. The number of carbonyl (C=O) groups is 2. The van der Waals surface area contributed by atoms with Crippen molar-refractivity contribution in [3.63, 3.8) is 0 Å². The number of hydrogen-bond donors (Lipinski definition) is 2. The second-order valence-electron chi connectivity index (χ2n) is 9.03.